The van der Waals surface area contributed by atoms with Crippen LogP contribution in [0.3, 0.4) is 0 Å². The van der Waals surface area contributed by atoms with E-state index in [0.29, 0.717) is 19.0 Å². The number of rotatable bonds is 5. The molecule has 7 heteroatoms. The SMILES string of the molecule is CC1(C)C2CCC1(CS(=O)(=O)N1CCC3(CCc4ccccc43)CC1)C(NC(=O)[C@H]1CCCNC1)C2. The van der Waals surface area contributed by atoms with E-state index in [1.54, 1.807) is 4.31 Å². The average molecular weight is 514 g/mol. The summed E-state index contributed by atoms with van der Waals surface area (Å²) in [7, 11) is -3.43. The van der Waals surface area contributed by atoms with Crippen molar-refractivity contribution in [1.82, 2.24) is 14.9 Å². The van der Waals surface area contributed by atoms with Gasteiger partial charge in [-0.05, 0) is 92.2 Å². The molecule has 198 valence electrons. The largest absolute Gasteiger partial charge is 0.352 e. The molecule has 1 aromatic carbocycles. The van der Waals surface area contributed by atoms with Crippen molar-refractivity contribution in [3.05, 3.63) is 35.4 Å². The zero-order valence-electron chi connectivity index (χ0n) is 22.0. The zero-order chi connectivity index (χ0) is 25.2. The number of piperidine rings is 2. The Kier molecular flexibility index (Phi) is 6.08. The molecular weight excluding hydrogens is 470 g/mol. The lowest BCUT2D eigenvalue weighted by Crippen LogP contribution is -2.56. The molecule has 0 radical (unpaired) electrons. The standard InChI is InChI=1S/C29H43N3O3S/c1-27(2)23-10-12-29(27,25(18-23)31-26(33)22-7-5-15-30-19-22)20-36(34,35)32-16-13-28(14-17-32)11-9-21-6-3-4-8-24(21)28/h3-4,6,8,22-23,25,30H,5,7,9-20H2,1-2H3,(H,31,33)/t22-,23?,25?,29?/m0/s1. The summed E-state index contributed by atoms with van der Waals surface area (Å²) in [5, 5.41) is 6.74. The number of benzene rings is 1. The van der Waals surface area contributed by atoms with Crippen LogP contribution in [0.5, 0.6) is 0 Å². The second-order valence-corrected chi connectivity index (χ2v) is 15.0. The van der Waals surface area contributed by atoms with Crippen molar-refractivity contribution in [2.45, 2.75) is 83.1 Å². The Bertz CT molecular complexity index is 1120. The molecule has 1 aromatic rings. The molecule has 0 aromatic heterocycles. The van der Waals surface area contributed by atoms with E-state index in [0.717, 1.165) is 70.9 Å². The van der Waals surface area contributed by atoms with Gasteiger partial charge in [-0.15, -0.1) is 0 Å². The Hall–Kier alpha value is -1.44. The van der Waals surface area contributed by atoms with Gasteiger partial charge in [0.25, 0.3) is 0 Å². The summed E-state index contributed by atoms with van der Waals surface area (Å²) in [5.74, 6) is 0.762. The number of sulfonamides is 1. The molecular formula is C29H43N3O3S. The van der Waals surface area contributed by atoms with Gasteiger partial charge in [0, 0.05) is 31.1 Å². The summed E-state index contributed by atoms with van der Waals surface area (Å²) in [5.41, 5.74) is 2.57. The minimum atomic E-state index is -3.43. The summed E-state index contributed by atoms with van der Waals surface area (Å²) in [6, 6.07) is 8.70. The third-order valence-corrected chi connectivity index (χ3v) is 13.4. The van der Waals surface area contributed by atoms with Crippen LogP contribution in [-0.2, 0) is 26.7 Å². The first-order chi connectivity index (χ1) is 17.2. The highest BCUT2D eigenvalue weighted by atomic mass is 32.2. The van der Waals surface area contributed by atoms with Crippen molar-refractivity contribution in [3.63, 3.8) is 0 Å². The van der Waals surface area contributed by atoms with Crippen molar-refractivity contribution >= 4 is 15.9 Å². The fourth-order valence-corrected chi connectivity index (χ4v) is 11.2. The Labute approximate surface area is 217 Å². The minimum Gasteiger partial charge on any atom is -0.352 e. The number of amides is 1. The molecule has 2 bridgehead atoms. The van der Waals surface area contributed by atoms with E-state index in [9.17, 15) is 13.2 Å². The van der Waals surface area contributed by atoms with Crippen LogP contribution >= 0.6 is 0 Å². The predicted molar refractivity (Wildman–Crippen MR) is 142 cm³/mol. The molecule has 4 atom stereocenters. The first kappa shape index (κ1) is 24.9. The maximum Gasteiger partial charge on any atom is 0.224 e. The van der Waals surface area contributed by atoms with E-state index in [4.69, 9.17) is 0 Å². The van der Waals surface area contributed by atoms with Crippen molar-refractivity contribution in [1.29, 1.82) is 0 Å². The summed E-state index contributed by atoms with van der Waals surface area (Å²) in [6.07, 6.45) is 8.90. The molecule has 1 spiro atoms. The normalized spacial score (nSPS) is 35.1. The Morgan fingerprint density at radius 3 is 2.61 bits per heavy atom. The number of carbonyl (C=O) groups is 1. The fourth-order valence-electron chi connectivity index (χ4n) is 8.88. The molecule has 3 aliphatic carbocycles. The van der Waals surface area contributed by atoms with Crippen LogP contribution in [0.1, 0.15) is 76.3 Å². The zero-order valence-corrected chi connectivity index (χ0v) is 22.8. The lowest BCUT2D eigenvalue weighted by molar-refractivity contribution is -0.127. The summed E-state index contributed by atoms with van der Waals surface area (Å²) in [4.78, 5) is 13.2. The number of nitrogens with zero attached hydrogens (tertiary/aromatic N) is 1. The van der Waals surface area contributed by atoms with E-state index in [-0.39, 0.29) is 39.9 Å². The molecule has 6 nitrogen and oxygen atoms in total. The lowest BCUT2D eigenvalue weighted by Gasteiger charge is -2.45. The molecule has 2 heterocycles. The molecule has 2 saturated carbocycles. The third-order valence-electron chi connectivity index (χ3n) is 11.4. The van der Waals surface area contributed by atoms with Crippen molar-refractivity contribution in [3.8, 4) is 0 Å². The molecule has 2 N–H and O–H groups in total. The first-order valence-electron chi connectivity index (χ1n) is 14.2. The molecule has 2 saturated heterocycles. The van der Waals surface area contributed by atoms with E-state index >= 15 is 0 Å². The summed E-state index contributed by atoms with van der Waals surface area (Å²) < 4.78 is 29.8. The van der Waals surface area contributed by atoms with Gasteiger partial charge in [-0.1, -0.05) is 38.1 Å². The van der Waals surface area contributed by atoms with Gasteiger partial charge in [0.2, 0.25) is 15.9 Å². The maximum atomic E-state index is 14.0. The van der Waals surface area contributed by atoms with Crippen LogP contribution in [-0.4, -0.2) is 56.6 Å². The van der Waals surface area contributed by atoms with E-state index in [2.05, 4.69) is 48.7 Å². The number of carbonyl (C=O) groups excluding carboxylic acids is 1. The Balaban J connectivity index is 1.19. The van der Waals surface area contributed by atoms with Crippen molar-refractivity contribution < 1.29 is 13.2 Å². The topological polar surface area (TPSA) is 78.5 Å². The Morgan fingerprint density at radius 1 is 1.11 bits per heavy atom. The molecule has 2 aliphatic heterocycles. The first-order valence-corrected chi connectivity index (χ1v) is 15.9. The predicted octanol–water partition coefficient (Wildman–Crippen LogP) is 3.61. The van der Waals surface area contributed by atoms with Crippen molar-refractivity contribution in [2.24, 2.45) is 22.7 Å². The quantitative estimate of drug-likeness (QED) is 0.631. The molecule has 6 rings (SSSR count). The van der Waals surface area contributed by atoms with E-state index in [1.807, 2.05) is 0 Å². The maximum absolute atomic E-state index is 14.0. The highest BCUT2D eigenvalue weighted by Crippen LogP contribution is 2.66. The van der Waals surface area contributed by atoms with Crippen LogP contribution in [0.15, 0.2) is 24.3 Å². The average Bonchev–Trinajstić information content (AvgIpc) is 3.41. The fraction of sp³-hybridized carbons (Fsp3) is 0.759. The molecule has 4 fully saturated rings. The number of aryl methyl sites for hydroxylation is 1. The summed E-state index contributed by atoms with van der Waals surface area (Å²) in [6.45, 7) is 7.45. The van der Waals surface area contributed by atoms with Gasteiger partial charge in [0.1, 0.15) is 0 Å². The van der Waals surface area contributed by atoms with Gasteiger partial charge in [-0.3, -0.25) is 4.79 Å². The number of fused-ring (bicyclic) bond motifs is 4. The highest BCUT2D eigenvalue weighted by molar-refractivity contribution is 7.89. The highest BCUT2D eigenvalue weighted by Gasteiger charge is 2.66. The van der Waals surface area contributed by atoms with Crippen LogP contribution < -0.4 is 10.6 Å². The molecule has 3 unspecified atom stereocenters. The minimum absolute atomic E-state index is 0.00205. The van der Waals surface area contributed by atoms with Crippen LogP contribution in [0.4, 0.5) is 0 Å². The van der Waals surface area contributed by atoms with Crippen LogP contribution in [0, 0.1) is 22.7 Å². The number of hydrogen-bond donors (Lipinski definition) is 2. The van der Waals surface area contributed by atoms with Crippen molar-refractivity contribution in [2.75, 3.05) is 31.9 Å². The lowest BCUT2D eigenvalue weighted by atomic mass is 9.69. The molecule has 1 amide bonds. The summed E-state index contributed by atoms with van der Waals surface area (Å²) >= 11 is 0. The van der Waals surface area contributed by atoms with Crippen LogP contribution in [0.25, 0.3) is 0 Å². The van der Waals surface area contributed by atoms with Gasteiger partial charge in [-0.25, -0.2) is 12.7 Å². The van der Waals surface area contributed by atoms with Gasteiger partial charge >= 0.3 is 0 Å². The second kappa shape index (κ2) is 8.81. The van der Waals surface area contributed by atoms with Crippen LogP contribution in [0.2, 0.25) is 0 Å². The van der Waals surface area contributed by atoms with E-state index in [1.165, 1.54) is 11.1 Å². The third kappa shape index (κ3) is 3.79. The number of hydrogen-bond acceptors (Lipinski definition) is 4. The Morgan fingerprint density at radius 2 is 1.89 bits per heavy atom. The number of nitrogens with one attached hydrogen (secondary N) is 2. The monoisotopic (exact) mass is 513 g/mol. The van der Waals surface area contributed by atoms with Gasteiger partial charge in [0.05, 0.1) is 11.7 Å². The van der Waals surface area contributed by atoms with Gasteiger partial charge in [-0.2, -0.15) is 0 Å². The second-order valence-electron chi connectivity index (χ2n) is 13.0. The van der Waals surface area contributed by atoms with E-state index < -0.39 is 10.0 Å². The van der Waals surface area contributed by atoms with Gasteiger partial charge < -0.3 is 10.6 Å². The van der Waals surface area contributed by atoms with Gasteiger partial charge in [0.15, 0.2) is 0 Å². The molecule has 5 aliphatic rings. The molecule has 36 heavy (non-hydrogen) atoms. The smallest absolute Gasteiger partial charge is 0.224 e.